The third-order valence-corrected chi connectivity index (χ3v) is 5.48. The van der Waals surface area contributed by atoms with Crippen molar-refractivity contribution in [1.29, 1.82) is 0 Å². The molecule has 0 spiro atoms. The topological polar surface area (TPSA) is 91.4 Å². The Labute approximate surface area is 168 Å². The average molecular weight is 401 g/mol. The summed E-state index contributed by atoms with van der Waals surface area (Å²) in [6, 6.07) is 6.79. The van der Waals surface area contributed by atoms with E-state index in [0.29, 0.717) is 10.7 Å². The lowest BCUT2D eigenvalue weighted by Crippen LogP contribution is -2.42. The molecule has 8 heteroatoms. The van der Waals surface area contributed by atoms with E-state index < -0.39 is 23.4 Å². The summed E-state index contributed by atoms with van der Waals surface area (Å²) in [4.78, 5) is 43.0. The van der Waals surface area contributed by atoms with Crippen molar-refractivity contribution in [1.82, 2.24) is 15.2 Å². The maximum absolute atomic E-state index is 12.9. The van der Waals surface area contributed by atoms with Crippen molar-refractivity contribution in [2.45, 2.75) is 45.6 Å². The average Bonchev–Trinajstić information content (AvgIpc) is 3.15. The summed E-state index contributed by atoms with van der Waals surface area (Å²) in [6.45, 7) is 9.33. The highest BCUT2D eigenvalue weighted by Gasteiger charge is 2.49. The number of imide groups is 1. The van der Waals surface area contributed by atoms with Gasteiger partial charge in [-0.3, -0.25) is 14.5 Å². The van der Waals surface area contributed by atoms with Crippen molar-refractivity contribution in [3.8, 4) is 0 Å². The molecule has 1 aliphatic heterocycles. The number of amides is 4. The zero-order chi connectivity index (χ0) is 20.7. The fourth-order valence-electron chi connectivity index (χ4n) is 2.90. The number of hydrogen-bond acceptors (Lipinski definition) is 5. The minimum absolute atomic E-state index is 0.125. The van der Waals surface area contributed by atoms with E-state index in [1.165, 1.54) is 11.3 Å². The zero-order valence-corrected chi connectivity index (χ0v) is 17.4. The third-order valence-electron chi connectivity index (χ3n) is 4.72. The van der Waals surface area contributed by atoms with Crippen molar-refractivity contribution in [2.75, 3.05) is 11.9 Å². The summed E-state index contributed by atoms with van der Waals surface area (Å²) in [5.74, 6) is -0.919. The molecule has 7 nitrogen and oxygen atoms in total. The highest BCUT2D eigenvalue weighted by molar-refractivity contribution is 7.13. The predicted octanol–water partition coefficient (Wildman–Crippen LogP) is 3.15. The van der Waals surface area contributed by atoms with Gasteiger partial charge in [-0.05, 0) is 19.4 Å². The van der Waals surface area contributed by atoms with Crippen LogP contribution >= 0.6 is 11.3 Å². The molecule has 28 heavy (non-hydrogen) atoms. The number of anilines is 1. The standard InChI is InChI=1S/C20H24N4O3S/c1-12-6-8-13(9-7-12)20(5)16(26)24(18(27)23-20)10-15(25)22-17-21-14(11-28-17)19(2,3)4/h6-9,11H,10H2,1-5H3,(H,23,27)(H,21,22,25). The van der Waals surface area contributed by atoms with E-state index in [2.05, 4.69) is 15.6 Å². The number of nitrogens with one attached hydrogen (secondary N) is 2. The van der Waals surface area contributed by atoms with E-state index in [9.17, 15) is 14.4 Å². The molecule has 0 aliphatic carbocycles. The maximum atomic E-state index is 12.9. The number of carbonyl (C=O) groups excluding carboxylic acids is 3. The monoisotopic (exact) mass is 400 g/mol. The number of benzene rings is 1. The molecule has 1 unspecified atom stereocenters. The molecule has 1 aromatic heterocycles. The number of carbonyl (C=O) groups is 3. The molecule has 3 rings (SSSR count). The van der Waals surface area contributed by atoms with Gasteiger partial charge in [-0.25, -0.2) is 9.78 Å². The van der Waals surface area contributed by atoms with Gasteiger partial charge in [0.05, 0.1) is 5.69 Å². The van der Waals surface area contributed by atoms with Gasteiger partial charge in [-0.2, -0.15) is 0 Å². The first-order valence-electron chi connectivity index (χ1n) is 8.98. The van der Waals surface area contributed by atoms with Gasteiger partial charge in [0.15, 0.2) is 5.13 Å². The van der Waals surface area contributed by atoms with Crippen LogP contribution in [0.25, 0.3) is 0 Å². The number of rotatable bonds is 4. The van der Waals surface area contributed by atoms with Crippen LogP contribution in [-0.2, 0) is 20.5 Å². The van der Waals surface area contributed by atoms with Crippen LogP contribution in [0.2, 0.25) is 0 Å². The third kappa shape index (κ3) is 3.77. The van der Waals surface area contributed by atoms with Crippen LogP contribution in [0.1, 0.15) is 44.5 Å². The zero-order valence-electron chi connectivity index (χ0n) is 16.6. The van der Waals surface area contributed by atoms with Gasteiger partial charge in [0.25, 0.3) is 5.91 Å². The second-order valence-corrected chi connectivity index (χ2v) is 9.01. The van der Waals surface area contributed by atoms with Crippen LogP contribution in [0.4, 0.5) is 9.93 Å². The van der Waals surface area contributed by atoms with Gasteiger partial charge in [-0.1, -0.05) is 50.6 Å². The normalized spacial score (nSPS) is 19.7. The molecule has 1 aromatic carbocycles. The van der Waals surface area contributed by atoms with Crippen molar-refractivity contribution < 1.29 is 14.4 Å². The van der Waals surface area contributed by atoms with Gasteiger partial charge in [-0.15, -0.1) is 11.3 Å². The van der Waals surface area contributed by atoms with Gasteiger partial charge in [0, 0.05) is 10.8 Å². The van der Waals surface area contributed by atoms with Crippen molar-refractivity contribution in [2.24, 2.45) is 0 Å². The molecule has 2 aromatic rings. The molecule has 1 aliphatic rings. The molecule has 1 atom stereocenters. The van der Waals surface area contributed by atoms with Crippen LogP contribution in [-0.4, -0.2) is 34.3 Å². The highest BCUT2D eigenvalue weighted by Crippen LogP contribution is 2.29. The van der Waals surface area contributed by atoms with E-state index in [1.54, 1.807) is 19.1 Å². The molecule has 2 heterocycles. The molecule has 4 amide bonds. The van der Waals surface area contributed by atoms with Gasteiger partial charge in [0.1, 0.15) is 12.1 Å². The Balaban J connectivity index is 1.71. The fourth-order valence-corrected chi connectivity index (χ4v) is 3.85. The Bertz CT molecular complexity index is 930. The van der Waals surface area contributed by atoms with Crippen molar-refractivity contribution in [3.63, 3.8) is 0 Å². The molecule has 148 valence electrons. The Morgan fingerprint density at radius 2 is 1.89 bits per heavy atom. The Kier molecular flexibility index (Phi) is 5.01. The van der Waals surface area contributed by atoms with E-state index in [0.717, 1.165) is 16.2 Å². The minimum Gasteiger partial charge on any atom is -0.319 e. The van der Waals surface area contributed by atoms with Crippen LogP contribution in [0.5, 0.6) is 0 Å². The lowest BCUT2D eigenvalue weighted by atomic mass is 9.91. The minimum atomic E-state index is -1.19. The second-order valence-electron chi connectivity index (χ2n) is 8.15. The molecule has 0 saturated carbocycles. The summed E-state index contributed by atoms with van der Waals surface area (Å²) >= 11 is 1.32. The summed E-state index contributed by atoms with van der Waals surface area (Å²) in [5.41, 5.74) is 1.29. The quantitative estimate of drug-likeness (QED) is 0.771. The second kappa shape index (κ2) is 7.01. The van der Waals surface area contributed by atoms with Gasteiger partial charge in [0.2, 0.25) is 5.91 Å². The van der Waals surface area contributed by atoms with Crippen molar-refractivity contribution >= 4 is 34.3 Å². The number of aromatic nitrogens is 1. The van der Waals surface area contributed by atoms with Gasteiger partial charge < -0.3 is 10.6 Å². The van der Waals surface area contributed by atoms with Gasteiger partial charge >= 0.3 is 6.03 Å². The van der Waals surface area contributed by atoms with Crippen LogP contribution in [0, 0.1) is 6.92 Å². The van der Waals surface area contributed by atoms with E-state index in [4.69, 9.17) is 0 Å². The summed E-state index contributed by atoms with van der Waals surface area (Å²) in [7, 11) is 0. The Morgan fingerprint density at radius 3 is 2.46 bits per heavy atom. The number of thiazole rings is 1. The molecular formula is C20H24N4O3S. The lowest BCUT2D eigenvalue weighted by Gasteiger charge is -2.22. The Hall–Kier alpha value is -2.74. The SMILES string of the molecule is Cc1ccc(C2(C)NC(=O)N(CC(=O)Nc3nc(C(C)(C)C)cs3)C2=O)cc1. The van der Waals surface area contributed by atoms with Crippen LogP contribution in [0.15, 0.2) is 29.6 Å². The van der Waals surface area contributed by atoms with E-state index >= 15 is 0 Å². The van der Waals surface area contributed by atoms with E-state index in [1.807, 2.05) is 45.2 Å². The summed E-state index contributed by atoms with van der Waals surface area (Å²) < 4.78 is 0. The number of nitrogens with zero attached hydrogens (tertiary/aromatic N) is 2. The highest BCUT2D eigenvalue weighted by atomic mass is 32.1. The Morgan fingerprint density at radius 1 is 1.25 bits per heavy atom. The van der Waals surface area contributed by atoms with Crippen LogP contribution < -0.4 is 10.6 Å². The van der Waals surface area contributed by atoms with E-state index in [-0.39, 0.29) is 12.0 Å². The summed E-state index contributed by atoms with van der Waals surface area (Å²) in [5, 5.41) is 7.71. The first kappa shape index (κ1) is 20.0. The number of urea groups is 1. The molecule has 1 fully saturated rings. The molecule has 0 bridgehead atoms. The largest absolute Gasteiger partial charge is 0.325 e. The summed E-state index contributed by atoms with van der Waals surface area (Å²) in [6.07, 6.45) is 0. The number of hydrogen-bond donors (Lipinski definition) is 2. The molecular weight excluding hydrogens is 376 g/mol. The lowest BCUT2D eigenvalue weighted by molar-refractivity contribution is -0.133. The first-order chi connectivity index (χ1) is 13.0. The maximum Gasteiger partial charge on any atom is 0.325 e. The molecule has 0 radical (unpaired) electrons. The number of aryl methyl sites for hydroxylation is 1. The molecule has 1 saturated heterocycles. The smallest absolute Gasteiger partial charge is 0.319 e. The van der Waals surface area contributed by atoms with Crippen molar-refractivity contribution in [3.05, 3.63) is 46.5 Å². The first-order valence-corrected chi connectivity index (χ1v) is 9.86. The van der Waals surface area contributed by atoms with Crippen LogP contribution in [0.3, 0.4) is 0 Å². The molecule has 2 N–H and O–H groups in total. The fraction of sp³-hybridized carbons (Fsp3) is 0.400. The predicted molar refractivity (Wildman–Crippen MR) is 108 cm³/mol.